The number of fused-ring (bicyclic) bond motifs is 5. The molecule has 6 aromatic rings. The van der Waals surface area contributed by atoms with Gasteiger partial charge in [-0.3, -0.25) is 0 Å². The minimum atomic E-state index is -0.123. The van der Waals surface area contributed by atoms with Crippen LogP contribution < -0.4 is 0 Å². The van der Waals surface area contributed by atoms with Gasteiger partial charge in [-0.2, -0.15) is 0 Å². The third kappa shape index (κ3) is 3.47. The van der Waals surface area contributed by atoms with E-state index in [4.69, 9.17) is 15.0 Å². The van der Waals surface area contributed by atoms with E-state index in [2.05, 4.69) is 68.4 Å². The van der Waals surface area contributed by atoms with Gasteiger partial charge in [-0.1, -0.05) is 123 Å². The summed E-state index contributed by atoms with van der Waals surface area (Å²) in [6, 6.07) is 40.1. The fourth-order valence-electron chi connectivity index (χ4n) is 5.58. The Labute approximate surface area is 216 Å². The third-order valence-electron chi connectivity index (χ3n) is 7.52. The van der Waals surface area contributed by atoms with Crippen LogP contribution in [0.1, 0.15) is 25.0 Å². The van der Waals surface area contributed by atoms with Crippen molar-refractivity contribution >= 4 is 10.8 Å². The SMILES string of the molecule is CC1(C)c2cc(-c3nc(-c4ccccc4)nc(-c4ccccc4)n3)ccc2-c2c1ccc1ccccc21. The van der Waals surface area contributed by atoms with Crippen molar-refractivity contribution < 1.29 is 0 Å². The van der Waals surface area contributed by atoms with Crippen LogP contribution in [0.3, 0.4) is 0 Å². The lowest BCUT2D eigenvalue weighted by molar-refractivity contribution is 0.661. The second kappa shape index (κ2) is 8.21. The third-order valence-corrected chi connectivity index (χ3v) is 7.52. The second-order valence-electron chi connectivity index (χ2n) is 10.1. The molecule has 37 heavy (non-hydrogen) atoms. The quantitative estimate of drug-likeness (QED) is 0.258. The van der Waals surface area contributed by atoms with Crippen LogP contribution in [0.25, 0.3) is 56.1 Å². The number of benzene rings is 5. The molecule has 0 bridgehead atoms. The van der Waals surface area contributed by atoms with Crippen molar-refractivity contribution in [1.82, 2.24) is 15.0 Å². The molecular weight excluding hydrogens is 450 g/mol. The van der Waals surface area contributed by atoms with E-state index in [1.165, 1.54) is 33.0 Å². The molecule has 3 nitrogen and oxygen atoms in total. The number of nitrogens with zero attached hydrogens (tertiary/aromatic N) is 3. The fraction of sp³-hybridized carbons (Fsp3) is 0.0882. The highest BCUT2D eigenvalue weighted by Crippen LogP contribution is 2.51. The van der Waals surface area contributed by atoms with Crippen LogP contribution in [0.4, 0.5) is 0 Å². The Bertz CT molecular complexity index is 1730. The van der Waals surface area contributed by atoms with Gasteiger partial charge in [0.25, 0.3) is 0 Å². The number of aromatic nitrogens is 3. The van der Waals surface area contributed by atoms with Gasteiger partial charge in [-0.05, 0) is 39.1 Å². The summed E-state index contributed by atoms with van der Waals surface area (Å²) in [5, 5.41) is 2.57. The number of hydrogen-bond donors (Lipinski definition) is 0. The predicted molar refractivity (Wildman–Crippen MR) is 151 cm³/mol. The monoisotopic (exact) mass is 475 g/mol. The van der Waals surface area contributed by atoms with Crippen molar-refractivity contribution in [3.63, 3.8) is 0 Å². The van der Waals surface area contributed by atoms with E-state index >= 15 is 0 Å². The molecule has 0 fully saturated rings. The highest BCUT2D eigenvalue weighted by Gasteiger charge is 2.36. The molecule has 0 atom stereocenters. The van der Waals surface area contributed by atoms with E-state index in [1.54, 1.807) is 0 Å². The molecule has 0 saturated heterocycles. The average molecular weight is 476 g/mol. The molecule has 3 heteroatoms. The Balaban J connectivity index is 1.43. The zero-order chi connectivity index (χ0) is 25.0. The topological polar surface area (TPSA) is 38.7 Å². The Kier molecular flexibility index (Phi) is 4.80. The minimum Gasteiger partial charge on any atom is -0.208 e. The van der Waals surface area contributed by atoms with E-state index in [-0.39, 0.29) is 5.41 Å². The van der Waals surface area contributed by atoms with E-state index in [1.807, 2.05) is 60.7 Å². The molecule has 0 aliphatic heterocycles. The van der Waals surface area contributed by atoms with E-state index in [0.717, 1.165) is 16.7 Å². The lowest BCUT2D eigenvalue weighted by atomic mass is 9.81. The molecule has 0 N–H and O–H groups in total. The van der Waals surface area contributed by atoms with Gasteiger partial charge in [0, 0.05) is 22.1 Å². The van der Waals surface area contributed by atoms with Crippen LogP contribution in [0.2, 0.25) is 0 Å². The molecule has 1 aromatic heterocycles. The van der Waals surface area contributed by atoms with Crippen LogP contribution in [-0.2, 0) is 5.41 Å². The van der Waals surface area contributed by atoms with E-state index in [0.29, 0.717) is 17.5 Å². The van der Waals surface area contributed by atoms with Crippen molar-refractivity contribution in [1.29, 1.82) is 0 Å². The molecule has 0 radical (unpaired) electrons. The summed E-state index contributed by atoms with van der Waals surface area (Å²) < 4.78 is 0. The van der Waals surface area contributed by atoms with Crippen molar-refractivity contribution in [2.24, 2.45) is 0 Å². The maximum Gasteiger partial charge on any atom is 0.164 e. The van der Waals surface area contributed by atoms with Crippen LogP contribution in [0, 0.1) is 0 Å². The van der Waals surface area contributed by atoms with Gasteiger partial charge >= 0.3 is 0 Å². The van der Waals surface area contributed by atoms with Crippen LogP contribution in [0.5, 0.6) is 0 Å². The summed E-state index contributed by atoms with van der Waals surface area (Å²) in [6.07, 6.45) is 0. The molecule has 7 rings (SSSR count). The molecule has 1 aliphatic carbocycles. The normalized spacial score (nSPS) is 13.4. The van der Waals surface area contributed by atoms with Crippen LogP contribution in [-0.4, -0.2) is 15.0 Å². The van der Waals surface area contributed by atoms with Gasteiger partial charge in [-0.15, -0.1) is 0 Å². The second-order valence-corrected chi connectivity index (χ2v) is 10.1. The van der Waals surface area contributed by atoms with Gasteiger partial charge in [0.1, 0.15) is 0 Å². The summed E-state index contributed by atoms with van der Waals surface area (Å²) >= 11 is 0. The largest absolute Gasteiger partial charge is 0.208 e. The summed E-state index contributed by atoms with van der Waals surface area (Å²) in [7, 11) is 0. The van der Waals surface area contributed by atoms with Crippen LogP contribution in [0.15, 0.2) is 115 Å². The molecular formula is C34H25N3. The van der Waals surface area contributed by atoms with Gasteiger partial charge in [0.05, 0.1) is 0 Å². The highest BCUT2D eigenvalue weighted by molar-refractivity contribution is 6.02. The number of hydrogen-bond acceptors (Lipinski definition) is 3. The highest BCUT2D eigenvalue weighted by atomic mass is 15.0. The van der Waals surface area contributed by atoms with Gasteiger partial charge in [0.2, 0.25) is 0 Å². The molecule has 5 aromatic carbocycles. The Morgan fingerprint density at radius 1 is 0.486 bits per heavy atom. The summed E-state index contributed by atoms with van der Waals surface area (Å²) in [4.78, 5) is 14.7. The maximum atomic E-state index is 4.95. The minimum absolute atomic E-state index is 0.123. The van der Waals surface area contributed by atoms with Crippen molar-refractivity contribution in [2.75, 3.05) is 0 Å². The first-order valence-electron chi connectivity index (χ1n) is 12.6. The number of rotatable bonds is 3. The van der Waals surface area contributed by atoms with E-state index < -0.39 is 0 Å². The smallest absolute Gasteiger partial charge is 0.164 e. The Hall–Kier alpha value is -4.63. The van der Waals surface area contributed by atoms with Crippen LogP contribution >= 0.6 is 0 Å². The summed E-state index contributed by atoms with van der Waals surface area (Å²) in [5.74, 6) is 2.05. The molecule has 0 amide bonds. The van der Waals surface area contributed by atoms with Gasteiger partial charge in [-0.25, -0.2) is 15.0 Å². The van der Waals surface area contributed by atoms with Crippen molar-refractivity contribution in [3.05, 3.63) is 126 Å². The lowest BCUT2D eigenvalue weighted by Crippen LogP contribution is -2.15. The summed E-state index contributed by atoms with van der Waals surface area (Å²) in [5.41, 5.74) is 8.13. The van der Waals surface area contributed by atoms with Gasteiger partial charge in [0.15, 0.2) is 17.5 Å². The maximum absolute atomic E-state index is 4.95. The first-order chi connectivity index (χ1) is 18.1. The molecule has 0 saturated carbocycles. The molecule has 1 aliphatic rings. The Morgan fingerprint density at radius 2 is 1.05 bits per heavy atom. The molecule has 0 unspecified atom stereocenters. The zero-order valence-electron chi connectivity index (χ0n) is 20.8. The Morgan fingerprint density at radius 3 is 1.70 bits per heavy atom. The summed E-state index contributed by atoms with van der Waals surface area (Å²) in [6.45, 7) is 4.63. The molecule has 176 valence electrons. The standard InChI is InChI=1S/C34H25N3/c1-34(2)28-20-18-22-11-9-10-16-26(22)30(28)27-19-17-25(21-29(27)34)33-36-31(23-12-5-3-6-13-23)35-32(37-33)24-14-7-4-8-15-24/h3-21H,1-2H3. The first kappa shape index (κ1) is 21.6. The predicted octanol–water partition coefficient (Wildman–Crippen LogP) is 8.33. The fourth-order valence-corrected chi connectivity index (χ4v) is 5.58. The zero-order valence-corrected chi connectivity index (χ0v) is 20.8. The lowest BCUT2D eigenvalue weighted by Gasteiger charge is -2.22. The van der Waals surface area contributed by atoms with E-state index in [9.17, 15) is 0 Å². The first-order valence-corrected chi connectivity index (χ1v) is 12.6. The molecule has 1 heterocycles. The van der Waals surface area contributed by atoms with Crippen molar-refractivity contribution in [2.45, 2.75) is 19.3 Å². The average Bonchev–Trinajstić information content (AvgIpc) is 3.20. The van der Waals surface area contributed by atoms with Crippen molar-refractivity contribution in [3.8, 4) is 45.3 Å². The molecule has 0 spiro atoms. The van der Waals surface area contributed by atoms with Gasteiger partial charge < -0.3 is 0 Å².